The Balaban J connectivity index is 1.50. The summed E-state index contributed by atoms with van der Waals surface area (Å²) in [5.74, 6) is -1.21. The van der Waals surface area contributed by atoms with Crippen LogP contribution < -0.4 is 15.5 Å². The molecule has 2 heterocycles. The van der Waals surface area contributed by atoms with Crippen LogP contribution in [0.1, 0.15) is 37.1 Å². The second kappa shape index (κ2) is 6.98. The van der Waals surface area contributed by atoms with Gasteiger partial charge in [-0.15, -0.1) is 0 Å². The summed E-state index contributed by atoms with van der Waals surface area (Å²) in [6.07, 6.45) is 0.692. The molecular formula is C20H22F3N5O. The molecule has 0 radical (unpaired) electrons. The number of rotatable bonds is 3. The first-order valence-electron chi connectivity index (χ1n) is 9.50. The molecule has 1 aromatic carbocycles. The zero-order valence-electron chi connectivity index (χ0n) is 16.0. The smallest absolute Gasteiger partial charge is 0.330 e. The standard InChI is InChI=1S/C20H22F3N5O/c1-24-19(14-5-3-2-4-6-14)9-7-18(8-10-19)13-28(17(29)27-18)15-11-25-16(26-12-15)20(21,22)23/h2-6,11-12,24H,7-10,13H2,1H3,(H,27,29). The number of alkyl halides is 3. The van der Waals surface area contributed by atoms with Gasteiger partial charge in [0.15, 0.2) is 0 Å². The normalized spacial score (nSPS) is 27.3. The quantitative estimate of drug-likeness (QED) is 0.821. The topological polar surface area (TPSA) is 70.1 Å². The number of nitrogens with zero attached hydrogens (tertiary/aromatic N) is 3. The van der Waals surface area contributed by atoms with Crippen LogP contribution in [-0.2, 0) is 11.7 Å². The molecule has 0 bridgehead atoms. The zero-order valence-corrected chi connectivity index (χ0v) is 16.0. The number of hydrogen-bond donors (Lipinski definition) is 2. The molecule has 1 aliphatic carbocycles. The highest BCUT2D eigenvalue weighted by atomic mass is 19.4. The van der Waals surface area contributed by atoms with Crippen molar-refractivity contribution in [3.05, 3.63) is 54.1 Å². The van der Waals surface area contributed by atoms with Gasteiger partial charge in [-0.2, -0.15) is 13.2 Å². The Morgan fingerprint density at radius 2 is 1.69 bits per heavy atom. The van der Waals surface area contributed by atoms with Crippen molar-refractivity contribution in [2.75, 3.05) is 18.5 Å². The Hall–Kier alpha value is -2.68. The molecule has 154 valence electrons. The monoisotopic (exact) mass is 405 g/mol. The highest BCUT2D eigenvalue weighted by Crippen LogP contribution is 2.43. The highest BCUT2D eigenvalue weighted by molar-refractivity contribution is 5.95. The number of amides is 2. The number of anilines is 1. The molecule has 1 aromatic heterocycles. The molecule has 6 nitrogen and oxygen atoms in total. The van der Waals surface area contributed by atoms with E-state index in [0.29, 0.717) is 6.54 Å². The number of hydrogen-bond acceptors (Lipinski definition) is 4. The molecule has 2 aliphatic rings. The number of nitrogens with one attached hydrogen (secondary N) is 2. The minimum atomic E-state index is -4.61. The van der Waals surface area contributed by atoms with Gasteiger partial charge in [-0.1, -0.05) is 30.3 Å². The van der Waals surface area contributed by atoms with Crippen LogP contribution in [-0.4, -0.2) is 35.1 Å². The molecule has 2 amide bonds. The summed E-state index contributed by atoms with van der Waals surface area (Å²) < 4.78 is 38.0. The number of benzene rings is 1. The number of halogens is 3. The molecule has 0 unspecified atom stereocenters. The van der Waals surface area contributed by atoms with Crippen molar-refractivity contribution in [2.45, 2.75) is 42.9 Å². The number of urea groups is 1. The summed E-state index contributed by atoms with van der Waals surface area (Å²) in [6.45, 7) is 0.384. The summed E-state index contributed by atoms with van der Waals surface area (Å²) >= 11 is 0. The Bertz CT molecular complexity index is 877. The van der Waals surface area contributed by atoms with Crippen LogP contribution >= 0.6 is 0 Å². The number of aromatic nitrogens is 2. The average Bonchev–Trinajstić information content (AvgIpc) is 3.05. The third kappa shape index (κ3) is 3.55. The van der Waals surface area contributed by atoms with Crippen molar-refractivity contribution in [1.29, 1.82) is 0 Å². The van der Waals surface area contributed by atoms with Crippen LogP contribution in [0.2, 0.25) is 0 Å². The van der Waals surface area contributed by atoms with Gasteiger partial charge in [0, 0.05) is 5.54 Å². The largest absolute Gasteiger partial charge is 0.451 e. The van der Waals surface area contributed by atoms with Crippen molar-refractivity contribution in [3.63, 3.8) is 0 Å². The van der Waals surface area contributed by atoms with Crippen LogP contribution in [0.25, 0.3) is 0 Å². The average molecular weight is 405 g/mol. The minimum absolute atomic E-state index is 0.151. The zero-order chi connectivity index (χ0) is 20.7. The van der Waals surface area contributed by atoms with Gasteiger partial charge < -0.3 is 10.6 Å². The van der Waals surface area contributed by atoms with E-state index in [1.807, 2.05) is 25.2 Å². The maximum Gasteiger partial charge on any atom is 0.451 e. The maximum atomic E-state index is 12.7. The summed E-state index contributed by atoms with van der Waals surface area (Å²) in [5, 5.41) is 6.52. The third-order valence-corrected chi connectivity index (χ3v) is 6.15. The molecule has 4 rings (SSSR count). The fourth-order valence-electron chi connectivity index (χ4n) is 4.40. The van der Waals surface area contributed by atoms with Gasteiger partial charge in [0.25, 0.3) is 0 Å². The summed E-state index contributed by atoms with van der Waals surface area (Å²) in [7, 11) is 1.95. The van der Waals surface area contributed by atoms with E-state index in [1.165, 1.54) is 10.5 Å². The number of carbonyl (C=O) groups excluding carboxylic acids is 1. The Morgan fingerprint density at radius 3 is 2.24 bits per heavy atom. The first kappa shape index (κ1) is 19.6. The van der Waals surface area contributed by atoms with Crippen LogP contribution in [0.4, 0.5) is 23.7 Å². The lowest BCUT2D eigenvalue weighted by Gasteiger charge is -2.45. The summed E-state index contributed by atoms with van der Waals surface area (Å²) in [6, 6.07) is 9.90. The van der Waals surface area contributed by atoms with E-state index >= 15 is 0 Å². The van der Waals surface area contributed by atoms with E-state index in [2.05, 4.69) is 32.7 Å². The SMILES string of the molecule is CNC1(c2ccccc2)CCC2(CC1)CN(c1cnc(C(F)(F)F)nc1)C(=O)N2. The number of carbonyl (C=O) groups is 1. The van der Waals surface area contributed by atoms with Crippen LogP contribution in [0.3, 0.4) is 0 Å². The lowest BCUT2D eigenvalue weighted by molar-refractivity contribution is -0.144. The predicted octanol–water partition coefficient (Wildman–Crippen LogP) is 3.45. The van der Waals surface area contributed by atoms with Gasteiger partial charge in [0.2, 0.25) is 5.82 Å². The van der Waals surface area contributed by atoms with Gasteiger partial charge in [-0.3, -0.25) is 4.90 Å². The van der Waals surface area contributed by atoms with E-state index in [-0.39, 0.29) is 17.3 Å². The molecule has 1 aliphatic heterocycles. The molecule has 1 saturated carbocycles. The van der Waals surface area contributed by atoms with Crippen LogP contribution in [0.5, 0.6) is 0 Å². The minimum Gasteiger partial charge on any atom is -0.330 e. The van der Waals surface area contributed by atoms with E-state index < -0.39 is 17.5 Å². The third-order valence-electron chi connectivity index (χ3n) is 6.15. The van der Waals surface area contributed by atoms with Crippen molar-refractivity contribution in [3.8, 4) is 0 Å². The van der Waals surface area contributed by atoms with Crippen molar-refractivity contribution < 1.29 is 18.0 Å². The molecule has 2 fully saturated rings. The Labute approximate surface area is 166 Å². The Morgan fingerprint density at radius 1 is 1.07 bits per heavy atom. The molecule has 0 atom stereocenters. The predicted molar refractivity (Wildman–Crippen MR) is 101 cm³/mol. The second-order valence-electron chi connectivity index (χ2n) is 7.76. The van der Waals surface area contributed by atoms with E-state index in [9.17, 15) is 18.0 Å². The molecule has 29 heavy (non-hydrogen) atoms. The van der Waals surface area contributed by atoms with Gasteiger partial charge in [0.05, 0.1) is 30.2 Å². The lowest BCUT2D eigenvalue weighted by Crippen LogP contribution is -2.53. The molecule has 1 spiro atoms. The molecule has 2 N–H and O–H groups in total. The van der Waals surface area contributed by atoms with Gasteiger partial charge in [-0.25, -0.2) is 14.8 Å². The van der Waals surface area contributed by atoms with Gasteiger partial charge in [0.1, 0.15) is 0 Å². The van der Waals surface area contributed by atoms with Gasteiger partial charge in [-0.05, 0) is 38.3 Å². The summed E-state index contributed by atoms with van der Waals surface area (Å²) in [4.78, 5) is 20.7. The second-order valence-corrected chi connectivity index (χ2v) is 7.76. The highest BCUT2D eigenvalue weighted by Gasteiger charge is 2.49. The van der Waals surface area contributed by atoms with Gasteiger partial charge >= 0.3 is 12.2 Å². The fourth-order valence-corrected chi connectivity index (χ4v) is 4.40. The molecule has 2 aromatic rings. The summed E-state index contributed by atoms with van der Waals surface area (Å²) in [5.41, 5.74) is 0.924. The first-order valence-corrected chi connectivity index (χ1v) is 9.50. The van der Waals surface area contributed by atoms with Crippen molar-refractivity contribution in [1.82, 2.24) is 20.6 Å². The van der Waals surface area contributed by atoms with Crippen LogP contribution in [0.15, 0.2) is 42.7 Å². The molecule has 9 heteroatoms. The Kier molecular flexibility index (Phi) is 4.72. The van der Waals surface area contributed by atoms with E-state index in [4.69, 9.17) is 0 Å². The fraction of sp³-hybridized carbons (Fsp3) is 0.450. The molecule has 1 saturated heterocycles. The molecular weight excluding hydrogens is 383 g/mol. The van der Waals surface area contributed by atoms with Crippen molar-refractivity contribution in [2.24, 2.45) is 0 Å². The van der Waals surface area contributed by atoms with Crippen LogP contribution in [0, 0.1) is 0 Å². The first-order chi connectivity index (χ1) is 13.8. The maximum absolute atomic E-state index is 12.7. The van der Waals surface area contributed by atoms with E-state index in [1.54, 1.807) is 0 Å². The lowest BCUT2D eigenvalue weighted by atomic mass is 9.69. The van der Waals surface area contributed by atoms with E-state index in [0.717, 1.165) is 38.1 Å². The van der Waals surface area contributed by atoms with Crippen molar-refractivity contribution >= 4 is 11.7 Å².